The molecule has 0 amide bonds. The Morgan fingerprint density at radius 2 is 1.79 bits per heavy atom. The number of ether oxygens (including phenoxy) is 1. The smallest absolute Gasteiger partial charge is 0.375 e. The van der Waals surface area contributed by atoms with Crippen LogP contribution in [-0.2, 0) is 24.3 Å². The molecule has 0 saturated heterocycles. The molecule has 1 unspecified atom stereocenters. The monoisotopic (exact) mass is 421 g/mol. The highest BCUT2D eigenvalue weighted by molar-refractivity contribution is 7.92. The molecule has 1 aliphatic rings. The van der Waals surface area contributed by atoms with E-state index in [2.05, 4.69) is 4.74 Å². The Hall–Kier alpha value is -2.71. The van der Waals surface area contributed by atoms with Gasteiger partial charge in [0.1, 0.15) is 5.92 Å². The van der Waals surface area contributed by atoms with Crippen LogP contribution in [-0.4, -0.2) is 39.1 Å². The fourth-order valence-electron chi connectivity index (χ4n) is 2.94. The zero-order valence-corrected chi connectivity index (χ0v) is 16.4. The second-order valence-corrected chi connectivity index (χ2v) is 8.31. The lowest BCUT2D eigenvalue weighted by molar-refractivity contribution is -0.154. The van der Waals surface area contributed by atoms with E-state index in [9.17, 15) is 22.8 Å². The summed E-state index contributed by atoms with van der Waals surface area (Å²) in [4.78, 5) is 37.0. The minimum atomic E-state index is -4.10. The van der Waals surface area contributed by atoms with E-state index >= 15 is 0 Å². The molecule has 2 aromatic rings. The molecule has 7 nitrogen and oxygen atoms in total. The summed E-state index contributed by atoms with van der Waals surface area (Å²) in [5.41, 5.74) is 0.198. The Morgan fingerprint density at radius 3 is 2.43 bits per heavy atom. The maximum absolute atomic E-state index is 13.2. The Balaban J connectivity index is 2.09. The topological polar surface area (TPSA) is 97.8 Å². The van der Waals surface area contributed by atoms with Crippen molar-refractivity contribution >= 4 is 44.8 Å². The van der Waals surface area contributed by atoms with Gasteiger partial charge in [0.05, 0.1) is 23.7 Å². The predicted molar refractivity (Wildman–Crippen MR) is 102 cm³/mol. The van der Waals surface area contributed by atoms with E-state index < -0.39 is 40.0 Å². The van der Waals surface area contributed by atoms with Crippen molar-refractivity contribution in [1.82, 2.24) is 0 Å². The molecular formula is C19H16ClNO6S. The Kier molecular flexibility index (Phi) is 5.53. The molecule has 0 fully saturated rings. The summed E-state index contributed by atoms with van der Waals surface area (Å²) in [5.74, 6) is -4.33. The summed E-state index contributed by atoms with van der Waals surface area (Å²) in [6, 6.07) is 11.6. The molecule has 1 heterocycles. The lowest BCUT2D eigenvalue weighted by Crippen LogP contribution is -2.47. The van der Waals surface area contributed by atoms with Crippen LogP contribution >= 0.6 is 11.6 Å². The van der Waals surface area contributed by atoms with Crippen LogP contribution in [0.15, 0.2) is 53.4 Å². The second kappa shape index (κ2) is 7.73. The maximum Gasteiger partial charge on any atom is 0.375 e. The van der Waals surface area contributed by atoms with Gasteiger partial charge in [-0.15, -0.1) is 0 Å². The molecule has 0 N–H and O–H groups in total. The van der Waals surface area contributed by atoms with Gasteiger partial charge in [0.15, 0.2) is 5.78 Å². The summed E-state index contributed by atoms with van der Waals surface area (Å²) in [6.45, 7) is 1.01. The fraction of sp³-hybridized carbons (Fsp3) is 0.211. The van der Waals surface area contributed by atoms with Gasteiger partial charge in [-0.1, -0.05) is 23.7 Å². The lowest BCUT2D eigenvalue weighted by Gasteiger charge is -2.33. The quantitative estimate of drug-likeness (QED) is 0.418. The molecule has 146 valence electrons. The SMILES string of the molecule is CCOC(=O)C(=O)C1CN(S(=O)(=O)c2ccc(Cl)cc2)c2ccccc2C1=O. The van der Waals surface area contributed by atoms with Gasteiger partial charge in [-0.3, -0.25) is 13.9 Å². The van der Waals surface area contributed by atoms with Crippen molar-refractivity contribution < 1.29 is 27.5 Å². The molecule has 0 spiro atoms. The van der Waals surface area contributed by atoms with Crippen LogP contribution < -0.4 is 4.31 Å². The van der Waals surface area contributed by atoms with E-state index in [0.717, 1.165) is 4.31 Å². The van der Waals surface area contributed by atoms with Crippen molar-refractivity contribution in [1.29, 1.82) is 0 Å². The molecule has 9 heteroatoms. The number of rotatable bonds is 5. The van der Waals surface area contributed by atoms with Gasteiger partial charge in [0.2, 0.25) is 0 Å². The highest BCUT2D eigenvalue weighted by Crippen LogP contribution is 2.34. The van der Waals surface area contributed by atoms with Gasteiger partial charge >= 0.3 is 5.97 Å². The van der Waals surface area contributed by atoms with Crippen LogP contribution in [0, 0.1) is 5.92 Å². The average Bonchev–Trinajstić information content (AvgIpc) is 2.68. The second-order valence-electron chi connectivity index (χ2n) is 6.01. The van der Waals surface area contributed by atoms with Gasteiger partial charge in [-0.2, -0.15) is 0 Å². The first-order chi connectivity index (χ1) is 13.3. The largest absolute Gasteiger partial charge is 0.460 e. The molecule has 0 radical (unpaired) electrons. The number of Topliss-reactive ketones (excluding diaryl/α,β-unsaturated/α-hetero) is 2. The third kappa shape index (κ3) is 3.53. The van der Waals surface area contributed by atoms with Gasteiger partial charge in [0.25, 0.3) is 15.8 Å². The third-order valence-corrected chi connectivity index (χ3v) is 6.34. The summed E-state index contributed by atoms with van der Waals surface area (Å²) >= 11 is 5.83. The zero-order chi connectivity index (χ0) is 20.5. The van der Waals surface area contributed by atoms with Gasteiger partial charge in [0, 0.05) is 10.6 Å². The molecule has 1 atom stereocenters. The first-order valence-corrected chi connectivity index (χ1v) is 10.2. The van der Waals surface area contributed by atoms with Crippen LogP contribution in [0.5, 0.6) is 0 Å². The number of para-hydroxylation sites is 1. The number of carbonyl (C=O) groups excluding carboxylic acids is 3. The highest BCUT2D eigenvalue weighted by atomic mass is 35.5. The molecule has 0 bridgehead atoms. The molecule has 3 rings (SSSR count). The molecule has 0 saturated carbocycles. The molecular weight excluding hydrogens is 406 g/mol. The predicted octanol–water partition coefficient (Wildman–Crippen LogP) is 2.48. The van der Waals surface area contributed by atoms with Crippen molar-refractivity contribution in [2.45, 2.75) is 11.8 Å². The van der Waals surface area contributed by atoms with Crippen LogP contribution in [0.1, 0.15) is 17.3 Å². The number of fused-ring (bicyclic) bond motifs is 1. The van der Waals surface area contributed by atoms with Crippen LogP contribution in [0.4, 0.5) is 5.69 Å². The van der Waals surface area contributed by atoms with E-state index in [1.54, 1.807) is 12.1 Å². The number of halogens is 1. The van der Waals surface area contributed by atoms with Crippen LogP contribution in [0.3, 0.4) is 0 Å². The molecule has 0 aliphatic carbocycles. The number of nitrogens with zero attached hydrogens (tertiary/aromatic N) is 1. The van der Waals surface area contributed by atoms with Crippen LogP contribution in [0.25, 0.3) is 0 Å². The molecule has 2 aromatic carbocycles. The molecule has 28 heavy (non-hydrogen) atoms. The van der Waals surface area contributed by atoms with Gasteiger partial charge in [-0.25, -0.2) is 13.2 Å². The number of anilines is 1. The highest BCUT2D eigenvalue weighted by Gasteiger charge is 2.43. The van der Waals surface area contributed by atoms with Crippen molar-refractivity contribution in [3.63, 3.8) is 0 Å². The minimum absolute atomic E-state index is 0.0329. The van der Waals surface area contributed by atoms with Crippen LogP contribution in [0.2, 0.25) is 5.02 Å². The Labute approximate surface area is 166 Å². The third-order valence-electron chi connectivity index (χ3n) is 4.30. The first kappa shape index (κ1) is 20.0. The van der Waals surface area contributed by atoms with Gasteiger partial charge in [-0.05, 0) is 43.3 Å². The number of benzene rings is 2. The Bertz CT molecular complexity index is 1050. The van der Waals surface area contributed by atoms with Crippen molar-refractivity contribution in [2.24, 2.45) is 5.92 Å². The van der Waals surface area contributed by atoms with Crippen molar-refractivity contribution in [3.05, 3.63) is 59.1 Å². The minimum Gasteiger partial charge on any atom is -0.460 e. The lowest BCUT2D eigenvalue weighted by atomic mass is 9.89. The Morgan fingerprint density at radius 1 is 1.14 bits per heavy atom. The zero-order valence-electron chi connectivity index (χ0n) is 14.8. The number of esters is 1. The first-order valence-electron chi connectivity index (χ1n) is 8.40. The summed E-state index contributed by atoms with van der Waals surface area (Å²) < 4.78 is 32.0. The van der Waals surface area contributed by atoms with Crippen molar-refractivity contribution in [2.75, 3.05) is 17.5 Å². The number of ketones is 2. The van der Waals surface area contributed by atoms with E-state index in [0.29, 0.717) is 5.02 Å². The number of carbonyl (C=O) groups is 3. The van der Waals surface area contributed by atoms with Gasteiger partial charge < -0.3 is 4.74 Å². The van der Waals surface area contributed by atoms with E-state index in [1.807, 2.05) is 0 Å². The summed E-state index contributed by atoms with van der Waals surface area (Å²) in [6.07, 6.45) is 0. The number of hydrogen-bond donors (Lipinski definition) is 0. The summed E-state index contributed by atoms with van der Waals surface area (Å²) in [7, 11) is -4.10. The standard InChI is InChI=1S/C19H16ClNO6S/c1-2-27-19(24)18(23)15-11-21(16-6-4-3-5-14(16)17(15)22)28(25,26)13-9-7-12(20)8-10-13/h3-10,15H,2,11H2,1H3. The number of sulfonamides is 1. The fourth-order valence-corrected chi connectivity index (χ4v) is 4.57. The average molecular weight is 422 g/mol. The normalized spacial score (nSPS) is 16.4. The maximum atomic E-state index is 13.2. The van der Waals surface area contributed by atoms with E-state index in [-0.39, 0.29) is 22.8 Å². The molecule has 1 aliphatic heterocycles. The molecule has 0 aromatic heterocycles. The van der Waals surface area contributed by atoms with Crippen molar-refractivity contribution in [3.8, 4) is 0 Å². The van der Waals surface area contributed by atoms with E-state index in [1.165, 1.54) is 43.3 Å². The number of hydrogen-bond acceptors (Lipinski definition) is 6. The van der Waals surface area contributed by atoms with E-state index in [4.69, 9.17) is 11.6 Å². The summed E-state index contributed by atoms with van der Waals surface area (Å²) in [5, 5.41) is 0.364.